The van der Waals surface area contributed by atoms with Crippen LogP contribution in [-0.2, 0) is 0 Å². The second-order valence-electron chi connectivity index (χ2n) is 6.21. The van der Waals surface area contributed by atoms with E-state index in [1.807, 2.05) is 4.90 Å². The first-order valence-corrected chi connectivity index (χ1v) is 7.54. The Morgan fingerprint density at radius 3 is 2.00 bits per heavy atom. The number of urea groups is 1. The maximum Gasteiger partial charge on any atom is 0.320 e. The summed E-state index contributed by atoms with van der Waals surface area (Å²) in [7, 11) is 0. The molecule has 4 nitrogen and oxygen atoms in total. The molecule has 3 fully saturated rings. The second kappa shape index (κ2) is 5.08. The number of amides is 2. The van der Waals surface area contributed by atoms with Gasteiger partial charge in [0.2, 0.25) is 0 Å². The van der Waals surface area contributed by atoms with Gasteiger partial charge in [0.1, 0.15) is 0 Å². The highest BCUT2D eigenvalue weighted by Crippen LogP contribution is 2.46. The molecule has 2 heterocycles. The van der Waals surface area contributed by atoms with Gasteiger partial charge in [0, 0.05) is 39.3 Å². The zero-order valence-electron chi connectivity index (χ0n) is 11.3. The molecule has 3 rings (SSSR count). The van der Waals surface area contributed by atoms with E-state index >= 15 is 0 Å². The minimum atomic E-state index is 0.282. The molecule has 0 radical (unpaired) electrons. The molecule has 2 amide bonds. The first-order chi connectivity index (χ1) is 8.79. The van der Waals surface area contributed by atoms with Crippen molar-refractivity contribution in [3.63, 3.8) is 0 Å². The molecule has 0 unspecified atom stereocenters. The highest BCUT2D eigenvalue weighted by molar-refractivity contribution is 5.74. The van der Waals surface area contributed by atoms with Crippen LogP contribution in [0, 0.1) is 5.41 Å². The van der Waals surface area contributed by atoms with Crippen LogP contribution in [0.25, 0.3) is 0 Å². The standard InChI is InChI=1S/C14H25N3O/c18-13(17-11-7-15-8-12-17)16-9-5-14(6-10-16)3-1-2-4-14/h15H,1-12H2. The van der Waals surface area contributed by atoms with E-state index in [9.17, 15) is 4.79 Å². The Kier molecular flexibility index (Phi) is 3.46. The molecule has 1 spiro atoms. The molecule has 0 atom stereocenters. The summed E-state index contributed by atoms with van der Waals surface area (Å²) in [6.07, 6.45) is 8.11. The summed E-state index contributed by atoms with van der Waals surface area (Å²) in [5.74, 6) is 0. The molecule has 1 saturated carbocycles. The smallest absolute Gasteiger partial charge is 0.320 e. The Balaban J connectivity index is 1.53. The number of hydrogen-bond acceptors (Lipinski definition) is 2. The van der Waals surface area contributed by atoms with Gasteiger partial charge in [0.25, 0.3) is 0 Å². The Bertz CT molecular complexity index is 296. The SMILES string of the molecule is O=C(N1CCNCC1)N1CCC2(CCCC2)CC1. The quantitative estimate of drug-likeness (QED) is 0.711. The van der Waals surface area contributed by atoms with Crippen molar-refractivity contribution in [3.05, 3.63) is 0 Å². The van der Waals surface area contributed by atoms with Gasteiger partial charge in [-0.1, -0.05) is 12.8 Å². The molecule has 0 aromatic heterocycles. The van der Waals surface area contributed by atoms with Crippen molar-refractivity contribution in [2.45, 2.75) is 38.5 Å². The van der Waals surface area contributed by atoms with Crippen LogP contribution in [0.1, 0.15) is 38.5 Å². The fourth-order valence-corrected chi connectivity index (χ4v) is 3.85. The van der Waals surface area contributed by atoms with Crippen LogP contribution in [0.4, 0.5) is 4.79 Å². The summed E-state index contributed by atoms with van der Waals surface area (Å²) in [5.41, 5.74) is 0.611. The molecule has 2 aliphatic heterocycles. The van der Waals surface area contributed by atoms with E-state index < -0.39 is 0 Å². The number of piperidine rings is 1. The monoisotopic (exact) mass is 251 g/mol. The largest absolute Gasteiger partial charge is 0.325 e. The summed E-state index contributed by atoms with van der Waals surface area (Å²) in [6, 6.07) is 0.282. The van der Waals surface area contributed by atoms with Crippen molar-refractivity contribution in [3.8, 4) is 0 Å². The lowest BCUT2D eigenvalue weighted by Gasteiger charge is -2.41. The third-order valence-corrected chi connectivity index (χ3v) is 5.15. The van der Waals surface area contributed by atoms with Crippen molar-refractivity contribution in [2.75, 3.05) is 39.3 Å². The fourth-order valence-electron chi connectivity index (χ4n) is 3.85. The lowest BCUT2D eigenvalue weighted by Crippen LogP contribution is -2.53. The van der Waals surface area contributed by atoms with Crippen LogP contribution in [0.2, 0.25) is 0 Å². The summed E-state index contributed by atoms with van der Waals surface area (Å²) in [6.45, 7) is 5.62. The Morgan fingerprint density at radius 2 is 1.39 bits per heavy atom. The maximum atomic E-state index is 12.4. The average molecular weight is 251 g/mol. The number of nitrogens with zero attached hydrogens (tertiary/aromatic N) is 2. The molecule has 1 N–H and O–H groups in total. The second-order valence-corrected chi connectivity index (χ2v) is 6.21. The van der Waals surface area contributed by atoms with Gasteiger partial charge in [0.05, 0.1) is 0 Å². The van der Waals surface area contributed by atoms with Crippen LogP contribution >= 0.6 is 0 Å². The number of hydrogen-bond donors (Lipinski definition) is 1. The zero-order chi connectivity index (χ0) is 12.4. The molecule has 18 heavy (non-hydrogen) atoms. The Labute approximate surface area is 110 Å². The van der Waals surface area contributed by atoms with E-state index in [1.54, 1.807) is 0 Å². The molecule has 0 bridgehead atoms. The molecule has 0 aromatic rings. The molecule has 3 aliphatic rings. The van der Waals surface area contributed by atoms with Crippen molar-refractivity contribution >= 4 is 6.03 Å². The van der Waals surface area contributed by atoms with Gasteiger partial charge in [-0.05, 0) is 31.1 Å². The molecular weight excluding hydrogens is 226 g/mol. The number of carbonyl (C=O) groups is 1. The van der Waals surface area contributed by atoms with Gasteiger partial charge in [-0.25, -0.2) is 4.79 Å². The zero-order valence-corrected chi connectivity index (χ0v) is 11.3. The molecule has 0 aromatic carbocycles. The molecule has 2 saturated heterocycles. The van der Waals surface area contributed by atoms with E-state index in [0.29, 0.717) is 5.41 Å². The highest BCUT2D eigenvalue weighted by Gasteiger charge is 2.38. The normalized spacial score (nSPS) is 27.8. The van der Waals surface area contributed by atoms with Gasteiger partial charge in [-0.2, -0.15) is 0 Å². The summed E-state index contributed by atoms with van der Waals surface area (Å²) >= 11 is 0. The van der Waals surface area contributed by atoms with E-state index in [0.717, 1.165) is 39.3 Å². The summed E-state index contributed by atoms with van der Waals surface area (Å²) in [4.78, 5) is 16.5. The van der Waals surface area contributed by atoms with Crippen molar-refractivity contribution < 1.29 is 4.79 Å². The predicted molar refractivity (Wildman–Crippen MR) is 71.5 cm³/mol. The van der Waals surface area contributed by atoms with Crippen molar-refractivity contribution in [1.82, 2.24) is 15.1 Å². The summed E-state index contributed by atoms with van der Waals surface area (Å²) in [5, 5.41) is 3.30. The van der Waals surface area contributed by atoms with Gasteiger partial charge in [0.15, 0.2) is 0 Å². The van der Waals surface area contributed by atoms with E-state index in [-0.39, 0.29) is 6.03 Å². The lowest BCUT2D eigenvalue weighted by atomic mass is 9.77. The van der Waals surface area contributed by atoms with E-state index in [4.69, 9.17) is 0 Å². The van der Waals surface area contributed by atoms with Crippen LogP contribution in [-0.4, -0.2) is 55.1 Å². The fraction of sp³-hybridized carbons (Fsp3) is 0.929. The third kappa shape index (κ3) is 2.35. The minimum absolute atomic E-state index is 0.282. The van der Waals surface area contributed by atoms with Crippen molar-refractivity contribution in [1.29, 1.82) is 0 Å². The molecular formula is C14H25N3O. The van der Waals surface area contributed by atoms with Crippen LogP contribution in [0.3, 0.4) is 0 Å². The molecule has 4 heteroatoms. The highest BCUT2D eigenvalue weighted by atomic mass is 16.2. The van der Waals surface area contributed by atoms with Gasteiger partial charge >= 0.3 is 6.03 Å². The number of carbonyl (C=O) groups excluding carboxylic acids is 1. The maximum absolute atomic E-state index is 12.4. The number of nitrogens with one attached hydrogen (secondary N) is 1. The molecule has 102 valence electrons. The van der Waals surface area contributed by atoms with Crippen LogP contribution < -0.4 is 5.32 Å². The van der Waals surface area contributed by atoms with Gasteiger partial charge < -0.3 is 15.1 Å². The average Bonchev–Trinajstić information content (AvgIpc) is 2.88. The number of likely N-dealkylation sites (tertiary alicyclic amines) is 1. The van der Waals surface area contributed by atoms with Gasteiger partial charge in [-0.3, -0.25) is 0 Å². The Morgan fingerprint density at radius 1 is 0.833 bits per heavy atom. The van der Waals surface area contributed by atoms with Gasteiger partial charge in [-0.15, -0.1) is 0 Å². The summed E-state index contributed by atoms with van der Waals surface area (Å²) < 4.78 is 0. The number of rotatable bonds is 0. The minimum Gasteiger partial charge on any atom is -0.325 e. The van der Waals surface area contributed by atoms with Crippen LogP contribution in [0.5, 0.6) is 0 Å². The van der Waals surface area contributed by atoms with E-state index in [2.05, 4.69) is 10.2 Å². The van der Waals surface area contributed by atoms with Crippen LogP contribution in [0.15, 0.2) is 0 Å². The lowest BCUT2D eigenvalue weighted by molar-refractivity contribution is 0.0958. The Hall–Kier alpha value is -0.770. The first-order valence-electron chi connectivity index (χ1n) is 7.54. The topological polar surface area (TPSA) is 35.6 Å². The predicted octanol–water partition coefficient (Wildman–Crippen LogP) is 1.67. The van der Waals surface area contributed by atoms with Crippen molar-refractivity contribution in [2.24, 2.45) is 5.41 Å². The molecule has 1 aliphatic carbocycles. The third-order valence-electron chi connectivity index (χ3n) is 5.15. The number of piperazine rings is 1. The first kappa shape index (κ1) is 12.3. The van der Waals surface area contributed by atoms with E-state index in [1.165, 1.54) is 38.5 Å².